The Hall–Kier alpha value is -1.83. The van der Waals surface area contributed by atoms with Crippen LogP contribution in [-0.2, 0) is 9.59 Å². The number of aliphatic hydroxyl groups excluding tert-OH is 1. The van der Waals surface area contributed by atoms with Crippen molar-refractivity contribution in [3.8, 4) is 0 Å². The fourth-order valence-electron chi connectivity index (χ4n) is 1.02. The van der Waals surface area contributed by atoms with E-state index in [-0.39, 0.29) is 25.5 Å². The van der Waals surface area contributed by atoms with Crippen LogP contribution < -0.4 is 16.0 Å². The molecule has 0 radical (unpaired) electrons. The minimum atomic E-state index is -1.24. The molecular weight excluding hydrogens is 230 g/mol. The van der Waals surface area contributed by atoms with E-state index >= 15 is 0 Å². The maximum atomic E-state index is 11.2. The summed E-state index contributed by atoms with van der Waals surface area (Å²) in [6, 6.07) is -1.94. The molecule has 0 aliphatic rings. The van der Waals surface area contributed by atoms with Crippen LogP contribution in [0.4, 0.5) is 4.79 Å². The van der Waals surface area contributed by atoms with Crippen LogP contribution in [0, 0.1) is 0 Å². The average molecular weight is 247 g/mol. The summed E-state index contributed by atoms with van der Waals surface area (Å²) in [5.41, 5.74) is 0. The summed E-state index contributed by atoms with van der Waals surface area (Å²) < 4.78 is 0. The Morgan fingerprint density at radius 2 is 1.88 bits per heavy atom. The van der Waals surface area contributed by atoms with Gasteiger partial charge in [-0.3, -0.25) is 4.79 Å². The third-order valence-corrected chi connectivity index (χ3v) is 1.80. The third kappa shape index (κ3) is 7.12. The van der Waals surface area contributed by atoms with Crippen molar-refractivity contribution in [3.63, 3.8) is 0 Å². The topological polar surface area (TPSA) is 128 Å². The van der Waals surface area contributed by atoms with Crippen LogP contribution in [0.2, 0.25) is 0 Å². The summed E-state index contributed by atoms with van der Waals surface area (Å²) in [5, 5.41) is 24.1. The van der Waals surface area contributed by atoms with Crippen LogP contribution in [0.5, 0.6) is 0 Å². The molecule has 17 heavy (non-hydrogen) atoms. The van der Waals surface area contributed by atoms with Gasteiger partial charge in [0.15, 0.2) is 0 Å². The molecule has 0 saturated heterocycles. The first-order valence-electron chi connectivity index (χ1n) is 5.16. The molecule has 0 unspecified atom stereocenters. The second-order valence-corrected chi connectivity index (χ2v) is 3.18. The Bertz CT molecular complexity index is 282. The fraction of sp³-hybridized carbons (Fsp3) is 0.667. The first-order valence-corrected chi connectivity index (χ1v) is 5.16. The first kappa shape index (κ1) is 15.2. The third-order valence-electron chi connectivity index (χ3n) is 1.80. The molecule has 1 atom stereocenters. The van der Waals surface area contributed by atoms with Crippen LogP contribution >= 0.6 is 0 Å². The number of aliphatic hydroxyl groups is 1. The summed E-state index contributed by atoms with van der Waals surface area (Å²) in [4.78, 5) is 32.8. The number of rotatable bonds is 7. The lowest BCUT2D eigenvalue weighted by Gasteiger charge is -2.13. The van der Waals surface area contributed by atoms with E-state index in [2.05, 4.69) is 16.0 Å². The number of carboxylic acid groups (broad SMARTS) is 1. The van der Waals surface area contributed by atoms with E-state index in [1.54, 1.807) is 6.92 Å². The van der Waals surface area contributed by atoms with E-state index in [0.717, 1.165) is 0 Å². The summed E-state index contributed by atoms with van der Waals surface area (Å²) >= 11 is 0. The van der Waals surface area contributed by atoms with Crippen molar-refractivity contribution < 1.29 is 24.6 Å². The number of carbonyl (C=O) groups is 3. The summed E-state index contributed by atoms with van der Waals surface area (Å²) in [5.74, 6) is -1.61. The van der Waals surface area contributed by atoms with E-state index in [0.29, 0.717) is 6.54 Å². The first-order chi connectivity index (χ1) is 8.01. The molecule has 8 nitrogen and oxygen atoms in total. The summed E-state index contributed by atoms with van der Waals surface area (Å²) in [6.07, 6.45) is -0.0933. The Balaban J connectivity index is 3.98. The molecule has 0 heterocycles. The zero-order chi connectivity index (χ0) is 13.3. The SMILES string of the molecule is CCNC(=O)CNC(=O)N[C@H](CCO)C(=O)O. The molecule has 0 spiro atoms. The molecule has 3 amide bonds. The van der Waals surface area contributed by atoms with Crippen LogP contribution in [0.3, 0.4) is 0 Å². The number of carboxylic acids is 1. The number of amides is 3. The minimum Gasteiger partial charge on any atom is -0.480 e. The zero-order valence-electron chi connectivity index (χ0n) is 9.52. The molecule has 0 fully saturated rings. The van der Waals surface area contributed by atoms with Crippen LogP contribution in [0.15, 0.2) is 0 Å². The van der Waals surface area contributed by atoms with E-state index in [1.165, 1.54) is 0 Å². The van der Waals surface area contributed by atoms with Gasteiger partial charge in [0, 0.05) is 19.6 Å². The highest BCUT2D eigenvalue weighted by atomic mass is 16.4. The smallest absolute Gasteiger partial charge is 0.326 e. The number of urea groups is 1. The summed E-state index contributed by atoms with van der Waals surface area (Å²) in [6.45, 7) is 1.60. The number of carbonyl (C=O) groups excluding carboxylic acids is 2. The fourth-order valence-corrected chi connectivity index (χ4v) is 1.02. The van der Waals surface area contributed by atoms with Gasteiger partial charge in [-0.15, -0.1) is 0 Å². The number of hydrogen-bond acceptors (Lipinski definition) is 4. The molecule has 0 aromatic heterocycles. The van der Waals surface area contributed by atoms with Crippen molar-refractivity contribution in [2.45, 2.75) is 19.4 Å². The van der Waals surface area contributed by atoms with Crippen molar-refractivity contribution in [2.75, 3.05) is 19.7 Å². The molecule has 5 N–H and O–H groups in total. The van der Waals surface area contributed by atoms with Gasteiger partial charge in [-0.2, -0.15) is 0 Å². The van der Waals surface area contributed by atoms with E-state index < -0.39 is 18.0 Å². The number of aliphatic carboxylic acids is 1. The number of nitrogens with one attached hydrogen (secondary N) is 3. The second kappa shape index (κ2) is 8.34. The van der Waals surface area contributed by atoms with Gasteiger partial charge in [0.2, 0.25) is 5.91 Å². The molecule has 0 aromatic carbocycles. The predicted molar refractivity (Wildman–Crippen MR) is 58.3 cm³/mol. The number of likely N-dealkylation sites (N-methyl/N-ethyl adjacent to an activating group) is 1. The monoisotopic (exact) mass is 247 g/mol. The van der Waals surface area contributed by atoms with Gasteiger partial charge in [-0.25, -0.2) is 9.59 Å². The Labute approximate surface area is 98.4 Å². The molecule has 0 aromatic rings. The maximum absolute atomic E-state index is 11.2. The molecule has 98 valence electrons. The predicted octanol–water partition coefficient (Wildman–Crippen LogP) is -1.74. The normalized spacial score (nSPS) is 11.4. The second-order valence-electron chi connectivity index (χ2n) is 3.18. The van der Waals surface area contributed by atoms with Gasteiger partial charge >= 0.3 is 12.0 Å². The molecule has 0 rings (SSSR count). The van der Waals surface area contributed by atoms with E-state index in [4.69, 9.17) is 10.2 Å². The highest BCUT2D eigenvalue weighted by Gasteiger charge is 2.19. The Kier molecular flexibility index (Phi) is 7.44. The van der Waals surface area contributed by atoms with E-state index in [1.807, 2.05) is 0 Å². The molecular formula is C9H17N3O5. The lowest BCUT2D eigenvalue weighted by molar-refractivity contribution is -0.139. The van der Waals surface area contributed by atoms with Crippen molar-refractivity contribution in [3.05, 3.63) is 0 Å². The standard InChI is InChI=1S/C9H17N3O5/c1-2-10-7(14)5-11-9(17)12-6(3-4-13)8(15)16/h6,13H,2-5H2,1H3,(H,10,14)(H,15,16)(H2,11,12,17)/t6-/m1/s1. The lowest BCUT2D eigenvalue weighted by Crippen LogP contribution is -2.48. The molecule has 8 heteroatoms. The van der Waals surface area contributed by atoms with Gasteiger partial charge in [-0.1, -0.05) is 0 Å². The highest BCUT2D eigenvalue weighted by Crippen LogP contribution is 1.90. The summed E-state index contributed by atoms with van der Waals surface area (Å²) in [7, 11) is 0. The van der Waals surface area contributed by atoms with Gasteiger partial charge in [0.05, 0.1) is 6.54 Å². The molecule has 0 bridgehead atoms. The van der Waals surface area contributed by atoms with Gasteiger partial charge in [0.1, 0.15) is 6.04 Å². The minimum absolute atomic E-state index is 0.0933. The Morgan fingerprint density at radius 1 is 1.24 bits per heavy atom. The van der Waals surface area contributed by atoms with Gasteiger partial charge < -0.3 is 26.2 Å². The average Bonchev–Trinajstić information content (AvgIpc) is 2.26. The van der Waals surface area contributed by atoms with Gasteiger partial charge in [0.25, 0.3) is 0 Å². The van der Waals surface area contributed by atoms with Crippen LogP contribution in [0.25, 0.3) is 0 Å². The molecule has 0 aliphatic heterocycles. The van der Waals surface area contributed by atoms with Crippen molar-refractivity contribution in [1.29, 1.82) is 0 Å². The highest BCUT2D eigenvalue weighted by molar-refractivity contribution is 5.86. The van der Waals surface area contributed by atoms with Crippen molar-refractivity contribution >= 4 is 17.9 Å². The van der Waals surface area contributed by atoms with Gasteiger partial charge in [-0.05, 0) is 6.92 Å². The largest absolute Gasteiger partial charge is 0.480 e. The van der Waals surface area contributed by atoms with Crippen LogP contribution in [-0.4, -0.2) is 53.9 Å². The van der Waals surface area contributed by atoms with Crippen LogP contribution in [0.1, 0.15) is 13.3 Å². The lowest BCUT2D eigenvalue weighted by atomic mass is 10.2. The maximum Gasteiger partial charge on any atom is 0.326 e. The molecule has 0 aliphatic carbocycles. The quantitative estimate of drug-likeness (QED) is 0.365. The van der Waals surface area contributed by atoms with E-state index in [9.17, 15) is 14.4 Å². The zero-order valence-corrected chi connectivity index (χ0v) is 9.52. The Morgan fingerprint density at radius 3 is 2.35 bits per heavy atom. The van der Waals surface area contributed by atoms with Crippen molar-refractivity contribution in [1.82, 2.24) is 16.0 Å². The van der Waals surface area contributed by atoms with Crippen molar-refractivity contribution in [2.24, 2.45) is 0 Å². The molecule has 0 saturated carbocycles. The number of hydrogen-bond donors (Lipinski definition) is 5.